The minimum Gasteiger partial charge on any atom is -0.494 e. The molecule has 1 heteroatoms. The molecule has 2 atom stereocenters. The van der Waals surface area contributed by atoms with Gasteiger partial charge in [-0.2, -0.15) is 0 Å². The van der Waals surface area contributed by atoms with Gasteiger partial charge in [-0.3, -0.25) is 0 Å². The minimum absolute atomic E-state index is 0.277. The molecule has 0 amide bonds. The molecule has 2 unspecified atom stereocenters. The van der Waals surface area contributed by atoms with Crippen molar-refractivity contribution in [1.29, 1.82) is 0 Å². The lowest BCUT2D eigenvalue weighted by Gasteiger charge is -2.30. The number of rotatable bonds is 3. The van der Waals surface area contributed by atoms with Crippen molar-refractivity contribution in [2.24, 2.45) is 11.8 Å². The molecule has 0 aromatic carbocycles. The van der Waals surface area contributed by atoms with Crippen LogP contribution >= 0.6 is 0 Å². The first kappa shape index (κ1) is 10.4. The standard InChI is InChI=1S/C12H20O/c1-5-13-12-8-11(9(2)3)7-6-10(12)4/h5-6,9,11-12H,1,7-8H2,2-4H3. The van der Waals surface area contributed by atoms with Gasteiger partial charge in [0.25, 0.3) is 0 Å². The maximum Gasteiger partial charge on any atom is 0.119 e. The largest absolute Gasteiger partial charge is 0.494 e. The van der Waals surface area contributed by atoms with Gasteiger partial charge < -0.3 is 4.74 Å². The number of hydrogen-bond acceptors (Lipinski definition) is 1. The average molecular weight is 180 g/mol. The van der Waals surface area contributed by atoms with E-state index in [-0.39, 0.29) is 6.10 Å². The van der Waals surface area contributed by atoms with Crippen LogP contribution in [0.25, 0.3) is 0 Å². The first-order chi connectivity index (χ1) is 6.15. The van der Waals surface area contributed by atoms with Gasteiger partial charge in [-0.05, 0) is 37.2 Å². The van der Waals surface area contributed by atoms with Crippen LogP contribution in [-0.2, 0) is 4.74 Å². The Labute approximate surface area is 81.5 Å². The van der Waals surface area contributed by atoms with Crippen LogP contribution in [0, 0.1) is 11.8 Å². The van der Waals surface area contributed by atoms with Crippen molar-refractivity contribution in [3.05, 3.63) is 24.5 Å². The zero-order valence-electron chi connectivity index (χ0n) is 8.92. The maximum atomic E-state index is 5.47. The van der Waals surface area contributed by atoms with Crippen LogP contribution in [0.15, 0.2) is 24.5 Å². The summed E-state index contributed by atoms with van der Waals surface area (Å²) in [5.41, 5.74) is 1.36. The second kappa shape index (κ2) is 4.50. The molecule has 1 aliphatic carbocycles. The van der Waals surface area contributed by atoms with Gasteiger partial charge in [-0.15, -0.1) is 0 Å². The highest BCUT2D eigenvalue weighted by Gasteiger charge is 2.24. The molecule has 0 heterocycles. The third-order valence-corrected chi connectivity index (χ3v) is 2.97. The van der Waals surface area contributed by atoms with E-state index in [0.29, 0.717) is 0 Å². The summed E-state index contributed by atoms with van der Waals surface area (Å²) in [6, 6.07) is 0. The molecule has 0 aromatic rings. The Balaban J connectivity index is 2.59. The molecule has 1 nitrogen and oxygen atoms in total. The number of ether oxygens (including phenoxy) is 1. The highest BCUT2D eigenvalue weighted by atomic mass is 16.5. The fourth-order valence-electron chi connectivity index (χ4n) is 1.85. The third kappa shape index (κ3) is 2.61. The van der Waals surface area contributed by atoms with E-state index in [1.165, 1.54) is 12.0 Å². The quantitative estimate of drug-likeness (QED) is 0.477. The maximum absolute atomic E-state index is 5.47. The molecule has 0 radical (unpaired) electrons. The molecule has 0 saturated carbocycles. The SMILES string of the molecule is C=COC1CC(C(C)C)CC=C1C. The molecule has 0 fully saturated rings. The Morgan fingerprint density at radius 2 is 2.31 bits per heavy atom. The van der Waals surface area contributed by atoms with Crippen molar-refractivity contribution in [2.45, 2.75) is 39.7 Å². The minimum atomic E-state index is 0.277. The van der Waals surface area contributed by atoms with Crippen LogP contribution in [0.1, 0.15) is 33.6 Å². The molecule has 13 heavy (non-hydrogen) atoms. The molecule has 0 bridgehead atoms. The fraction of sp³-hybridized carbons (Fsp3) is 0.667. The van der Waals surface area contributed by atoms with Gasteiger partial charge in [0.15, 0.2) is 0 Å². The Hall–Kier alpha value is -0.720. The van der Waals surface area contributed by atoms with Gasteiger partial charge in [-0.1, -0.05) is 26.5 Å². The normalized spacial score (nSPS) is 28.5. The predicted molar refractivity (Wildman–Crippen MR) is 56.4 cm³/mol. The van der Waals surface area contributed by atoms with Gasteiger partial charge in [-0.25, -0.2) is 0 Å². The second-order valence-corrected chi connectivity index (χ2v) is 4.22. The fourth-order valence-corrected chi connectivity index (χ4v) is 1.85. The Morgan fingerprint density at radius 3 is 2.85 bits per heavy atom. The molecule has 0 aromatic heterocycles. The summed E-state index contributed by atoms with van der Waals surface area (Å²) in [6.07, 6.45) is 6.50. The summed E-state index contributed by atoms with van der Waals surface area (Å²) >= 11 is 0. The molecular weight excluding hydrogens is 160 g/mol. The van der Waals surface area contributed by atoms with E-state index < -0.39 is 0 Å². The van der Waals surface area contributed by atoms with Crippen molar-refractivity contribution >= 4 is 0 Å². The summed E-state index contributed by atoms with van der Waals surface area (Å²) in [4.78, 5) is 0. The monoisotopic (exact) mass is 180 g/mol. The molecule has 74 valence electrons. The van der Waals surface area contributed by atoms with Crippen molar-refractivity contribution < 1.29 is 4.74 Å². The van der Waals surface area contributed by atoms with Gasteiger partial charge in [0.2, 0.25) is 0 Å². The molecule has 0 N–H and O–H groups in total. The van der Waals surface area contributed by atoms with Crippen LogP contribution in [0.2, 0.25) is 0 Å². The van der Waals surface area contributed by atoms with Crippen LogP contribution in [0.4, 0.5) is 0 Å². The van der Waals surface area contributed by atoms with Crippen LogP contribution < -0.4 is 0 Å². The highest BCUT2D eigenvalue weighted by Crippen LogP contribution is 2.30. The Bertz CT molecular complexity index is 203. The van der Waals surface area contributed by atoms with E-state index in [4.69, 9.17) is 4.74 Å². The molecule has 1 aliphatic rings. The van der Waals surface area contributed by atoms with Crippen molar-refractivity contribution in [1.82, 2.24) is 0 Å². The lowest BCUT2D eigenvalue weighted by atomic mass is 9.81. The third-order valence-electron chi connectivity index (χ3n) is 2.97. The van der Waals surface area contributed by atoms with Crippen molar-refractivity contribution in [2.75, 3.05) is 0 Å². The van der Waals surface area contributed by atoms with Gasteiger partial charge >= 0.3 is 0 Å². The van der Waals surface area contributed by atoms with Crippen molar-refractivity contribution in [3.8, 4) is 0 Å². The highest BCUT2D eigenvalue weighted by molar-refractivity contribution is 5.10. The summed E-state index contributed by atoms with van der Waals surface area (Å²) in [7, 11) is 0. The van der Waals surface area contributed by atoms with E-state index in [2.05, 4.69) is 33.4 Å². The molecule has 1 rings (SSSR count). The molecule has 0 saturated heterocycles. The van der Waals surface area contributed by atoms with E-state index >= 15 is 0 Å². The first-order valence-corrected chi connectivity index (χ1v) is 5.08. The average Bonchev–Trinajstić information content (AvgIpc) is 2.08. The first-order valence-electron chi connectivity index (χ1n) is 5.08. The lowest BCUT2D eigenvalue weighted by molar-refractivity contribution is 0.127. The molecular formula is C12H20O. The summed E-state index contributed by atoms with van der Waals surface area (Å²) in [5.74, 6) is 1.52. The van der Waals surface area contributed by atoms with Gasteiger partial charge in [0.1, 0.15) is 6.10 Å². The van der Waals surface area contributed by atoms with Crippen LogP contribution in [0.5, 0.6) is 0 Å². The van der Waals surface area contributed by atoms with Gasteiger partial charge in [0.05, 0.1) is 6.26 Å². The molecule has 0 spiro atoms. The number of allylic oxidation sites excluding steroid dienone is 1. The van der Waals surface area contributed by atoms with E-state index in [1.54, 1.807) is 6.26 Å². The van der Waals surface area contributed by atoms with Crippen LogP contribution in [0.3, 0.4) is 0 Å². The molecule has 0 aliphatic heterocycles. The summed E-state index contributed by atoms with van der Waals surface area (Å²) < 4.78 is 5.47. The lowest BCUT2D eigenvalue weighted by Crippen LogP contribution is -2.24. The Morgan fingerprint density at radius 1 is 1.62 bits per heavy atom. The summed E-state index contributed by atoms with van der Waals surface area (Å²) in [6.45, 7) is 10.3. The van der Waals surface area contributed by atoms with Gasteiger partial charge in [0, 0.05) is 0 Å². The van der Waals surface area contributed by atoms with E-state index in [9.17, 15) is 0 Å². The van der Waals surface area contributed by atoms with Crippen LogP contribution in [-0.4, -0.2) is 6.10 Å². The summed E-state index contributed by atoms with van der Waals surface area (Å²) in [5, 5.41) is 0. The number of hydrogen-bond donors (Lipinski definition) is 0. The predicted octanol–water partition coefficient (Wildman–Crippen LogP) is 3.53. The Kier molecular flexibility index (Phi) is 3.58. The topological polar surface area (TPSA) is 9.23 Å². The smallest absolute Gasteiger partial charge is 0.119 e. The zero-order valence-corrected chi connectivity index (χ0v) is 8.92. The van der Waals surface area contributed by atoms with E-state index in [0.717, 1.165) is 18.3 Å². The second-order valence-electron chi connectivity index (χ2n) is 4.22. The van der Waals surface area contributed by atoms with E-state index in [1.807, 2.05) is 0 Å². The van der Waals surface area contributed by atoms with Crippen molar-refractivity contribution in [3.63, 3.8) is 0 Å². The zero-order chi connectivity index (χ0) is 9.84.